The monoisotopic (exact) mass is 336 g/mol. The summed E-state index contributed by atoms with van der Waals surface area (Å²) in [7, 11) is 0. The van der Waals surface area contributed by atoms with Crippen molar-refractivity contribution >= 4 is 17.5 Å². The number of benzene rings is 2. The van der Waals surface area contributed by atoms with Gasteiger partial charge in [-0.25, -0.2) is 4.39 Å². The lowest BCUT2D eigenvalue weighted by atomic mass is 9.99. The maximum Gasteiger partial charge on any atom is 0.255 e. The van der Waals surface area contributed by atoms with Gasteiger partial charge in [0.05, 0.1) is 17.5 Å². The fourth-order valence-electron chi connectivity index (χ4n) is 2.91. The lowest BCUT2D eigenvalue weighted by Crippen LogP contribution is -2.17. The number of amides is 2. The minimum atomic E-state index is -0.417. The summed E-state index contributed by atoms with van der Waals surface area (Å²) in [5.41, 5.74) is 2.72. The quantitative estimate of drug-likeness (QED) is 0.768. The second-order valence-corrected chi connectivity index (χ2v) is 5.64. The Balaban J connectivity index is 1.71. The Morgan fingerprint density at radius 2 is 1.92 bits per heavy atom. The van der Waals surface area contributed by atoms with E-state index >= 15 is 0 Å². The van der Waals surface area contributed by atoms with Crippen molar-refractivity contribution < 1.29 is 18.4 Å². The minimum absolute atomic E-state index is 0.252. The Labute approximate surface area is 142 Å². The van der Waals surface area contributed by atoms with E-state index in [9.17, 15) is 14.0 Å². The molecule has 0 aliphatic carbocycles. The maximum atomic E-state index is 13.0. The number of hydrogen-bond donors (Lipinski definition) is 2. The molecule has 6 heteroatoms. The van der Waals surface area contributed by atoms with E-state index in [1.165, 1.54) is 24.3 Å². The summed E-state index contributed by atoms with van der Waals surface area (Å²) in [4.78, 5) is 24.6. The van der Waals surface area contributed by atoms with Gasteiger partial charge >= 0.3 is 0 Å². The van der Waals surface area contributed by atoms with E-state index in [2.05, 4.69) is 10.6 Å². The molecule has 25 heavy (non-hydrogen) atoms. The minimum Gasteiger partial charge on any atom is -0.464 e. The molecule has 2 aromatic carbocycles. The summed E-state index contributed by atoms with van der Waals surface area (Å²) in [5, 5.41) is 5.49. The summed E-state index contributed by atoms with van der Waals surface area (Å²) in [6.07, 6.45) is 1.57. The predicted molar refractivity (Wildman–Crippen MR) is 89.7 cm³/mol. The van der Waals surface area contributed by atoms with Crippen molar-refractivity contribution in [2.24, 2.45) is 0 Å². The zero-order valence-corrected chi connectivity index (χ0v) is 13.0. The van der Waals surface area contributed by atoms with E-state index in [-0.39, 0.29) is 5.91 Å². The van der Waals surface area contributed by atoms with Gasteiger partial charge in [0.15, 0.2) is 0 Å². The third-order valence-electron chi connectivity index (χ3n) is 4.11. The van der Waals surface area contributed by atoms with Gasteiger partial charge in [-0.2, -0.15) is 0 Å². The van der Waals surface area contributed by atoms with Crippen LogP contribution in [0, 0.1) is 5.82 Å². The first-order valence-electron chi connectivity index (χ1n) is 7.68. The molecule has 0 spiro atoms. The molecular formula is C19H13FN2O3. The molecule has 0 fully saturated rings. The van der Waals surface area contributed by atoms with E-state index in [0.29, 0.717) is 29.1 Å². The van der Waals surface area contributed by atoms with Crippen molar-refractivity contribution in [1.29, 1.82) is 0 Å². The van der Waals surface area contributed by atoms with Crippen LogP contribution in [0.5, 0.6) is 0 Å². The molecule has 0 unspecified atom stereocenters. The van der Waals surface area contributed by atoms with E-state index < -0.39 is 11.7 Å². The van der Waals surface area contributed by atoms with Crippen LogP contribution in [0.4, 0.5) is 10.1 Å². The maximum absolute atomic E-state index is 13.0. The largest absolute Gasteiger partial charge is 0.464 e. The number of nitrogens with one attached hydrogen (secondary N) is 2. The normalized spacial score (nSPS) is 12.6. The molecule has 1 aromatic heterocycles. The van der Waals surface area contributed by atoms with E-state index in [1.54, 1.807) is 24.5 Å². The van der Waals surface area contributed by atoms with Crippen molar-refractivity contribution in [1.82, 2.24) is 5.32 Å². The van der Waals surface area contributed by atoms with Gasteiger partial charge in [-0.3, -0.25) is 9.59 Å². The molecule has 3 aromatic rings. The Morgan fingerprint density at radius 3 is 2.64 bits per heavy atom. The molecule has 2 N–H and O–H groups in total. The van der Waals surface area contributed by atoms with Crippen molar-refractivity contribution in [2.45, 2.75) is 6.54 Å². The average Bonchev–Trinajstić information content (AvgIpc) is 3.26. The summed E-state index contributed by atoms with van der Waals surface area (Å²) in [6.45, 7) is 0.366. The van der Waals surface area contributed by atoms with Gasteiger partial charge in [0, 0.05) is 17.7 Å². The number of rotatable bonds is 3. The molecule has 2 heterocycles. The van der Waals surface area contributed by atoms with E-state index in [1.807, 2.05) is 6.07 Å². The second-order valence-electron chi connectivity index (χ2n) is 5.64. The fraction of sp³-hybridized carbons (Fsp3) is 0.0526. The second kappa shape index (κ2) is 5.90. The number of carbonyl (C=O) groups is 2. The highest BCUT2D eigenvalue weighted by Crippen LogP contribution is 2.34. The van der Waals surface area contributed by atoms with Crippen LogP contribution in [0.25, 0.3) is 11.3 Å². The highest BCUT2D eigenvalue weighted by atomic mass is 19.1. The first-order valence-corrected chi connectivity index (χ1v) is 7.68. The van der Waals surface area contributed by atoms with Gasteiger partial charge in [0.2, 0.25) is 0 Å². The smallest absolute Gasteiger partial charge is 0.255 e. The van der Waals surface area contributed by atoms with E-state index in [0.717, 1.165) is 11.1 Å². The van der Waals surface area contributed by atoms with Gasteiger partial charge in [0.25, 0.3) is 11.8 Å². The van der Waals surface area contributed by atoms with Gasteiger partial charge in [-0.1, -0.05) is 0 Å². The van der Waals surface area contributed by atoms with Gasteiger partial charge in [0.1, 0.15) is 11.6 Å². The Morgan fingerprint density at radius 1 is 1.12 bits per heavy atom. The van der Waals surface area contributed by atoms with Crippen LogP contribution >= 0.6 is 0 Å². The number of fused-ring (bicyclic) bond motifs is 1. The molecule has 2 amide bonds. The highest BCUT2D eigenvalue weighted by Gasteiger charge is 2.27. The topological polar surface area (TPSA) is 71.3 Å². The zero-order valence-electron chi connectivity index (χ0n) is 13.0. The van der Waals surface area contributed by atoms with Crippen LogP contribution in [-0.4, -0.2) is 11.8 Å². The van der Waals surface area contributed by atoms with Crippen molar-refractivity contribution in [3.8, 4) is 11.3 Å². The number of halogens is 1. The molecule has 0 atom stereocenters. The molecule has 124 valence electrons. The molecule has 0 saturated heterocycles. The van der Waals surface area contributed by atoms with Gasteiger partial charge < -0.3 is 15.1 Å². The molecule has 0 saturated carbocycles. The SMILES string of the molecule is O=C(Nc1ccc(-c2ccco2)c2c1C(=O)NC2)c1ccc(F)cc1. The van der Waals surface area contributed by atoms with E-state index in [4.69, 9.17) is 4.42 Å². The van der Waals surface area contributed by atoms with Crippen LogP contribution in [0.1, 0.15) is 26.3 Å². The summed E-state index contributed by atoms with van der Waals surface area (Å²) >= 11 is 0. The zero-order chi connectivity index (χ0) is 17.4. The molecule has 0 radical (unpaired) electrons. The first kappa shape index (κ1) is 15.1. The molecule has 1 aliphatic rings. The van der Waals surface area contributed by atoms with Crippen LogP contribution in [0.15, 0.2) is 59.2 Å². The number of anilines is 1. The molecular weight excluding hydrogens is 323 g/mol. The average molecular weight is 336 g/mol. The lowest BCUT2D eigenvalue weighted by Gasteiger charge is -2.11. The third kappa shape index (κ3) is 2.67. The van der Waals surface area contributed by atoms with Gasteiger partial charge in [-0.15, -0.1) is 0 Å². The standard InChI is InChI=1S/C19H13FN2O3/c20-12-5-3-11(4-6-12)18(23)22-15-8-7-13(16-2-1-9-25-16)14-10-21-19(24)17(14)15/h1-9H,10H2,(H,21,24)(H,22,23). The lowest BCUT2D eigenvalue weighted by molar-refractivity contribution is 0.0966. The van der Waals surface area contributed by atoms with Crippen LogP contribution in [0.3, 0.4) is 0 Å². The Bertz CT molecular complexity index is 963. The first-order chi connectivity index (χ1) is 12.1. The van der Waals surface area contributed by atoms with Crippen LogP contribution in [0.2, 0.25) is 0 Å². The number of hydrogen-bond acceptors (Lipinski definition) is 3. The van der Waals surface area contributed by atoms with Gasteiger partial charge in [-0.05, 0) is 54.1 Å². The Kier molecular flexibility index (Phi) is 3.57. The van der Waals surface area contributed by atoms with Crippen molar-refractivity contribution in [2.75, 3.05) is 5.32 Å². The third-order valence-corrected chi connectivity index (χ3v) is 4.11. The molecule has 1 aliphatic heterocycles. The highest BCUT2D eigenvalue weighted by molar-refractivity contribution is 6.11. The Hall–Kier alpha value is -3.41. The van der Waals surface area contributed by atoms with Crippen molar-refractivity contribution in [3.63, 3.8) is 0 Å². The summed E-state index contributed by atoms with van der Waals surface area (Å²) in [5.74, 6) is -0.422. The predicted octanol–water partition coefficient (Wildman–Crippen LogP) is 3.58. The molecule has 5 nitrogen and oxygen atoms in total. The number of furan rings is 1. The molecule has 4 rings (SSSR count). The summed E-state index contributed by atoms with van der Waals surface area (Å²) in [6, 6.07) is 12.3. The summed E-state index contributed by atoms with van der Waals surface area (Å²) < 4.78 is 18.4. The number of carbonyl (C=O) groups excluding carboxylic acids is 2. The van der Waals surface area contributed by atoms with Crippen LogP contribution < -0.4 is 10.6 Å². The van der Waals surface area contributed by atoms with Crippen molar-refractivity contribution in [3.05, 3.63) is 77.3 Å². The molecule has 0 bridgehead atoms. The van der Waals surface area contributed by atoms with Crippen LogP contribution in [-0.2, 0) is 6.54 Å². The fourth-order valence-corrected chi connectivity index (χ4v) is 2.91.